The van der Waals surface area contributed by atoms with Crippen LogP contribution >= 0.6 is 23.2 Å². The molecule has 0 aromatic heterocycles. The summed E-state index contributed by atoms with van der Waals surface area (Å²) in [6.45, 7) is 1.78. The molecule has 1 aliphatic rings. The molecule has 2 nitrogen and oxygen atoms in total. The van der Waals surface area contributed by atoms with Gasteiger partial charge < -0.3 is 0 Å². The maximum Gasteiger partial charge on any atom is 0.151 e. The Morgan fingerprint density at radius 3 is 2.78 bits per heavy atom. The normalized spacial score (nSPS) is 33.4. The van der Waals surface area contributed by atoms with Crippen molar-refractivity contribution in [3.8, 4) is 0 Å². The number of nitrogens with one attached hydrogen (secondary N) is 1. The van der Waals surface area contributed by atoms with Crippen molar-refractivity contribution in [2.45, 2.75) is 11.8 Å². The van der Waals surface area contributed by atoms with E-state index in [1.54, 1.807) is 19.2 Å². The zero-order valence-electron chi connectivity index (χ0n) is 4.86. The fourth-order valence-corrected chi connectivity index (χ4v) is 0.683. The van der Waals surface area contributed by atoms with Crippen LogP contribution in [0.3, 0.4) is 0 Å². The Balaban J connectivity index is 2.83. The molecule has 1 heterocycles. The molecular formula is C5H6Cl2N2. The molecule has 0 aromatic carbocycles. The van der Waals surface area contributed by atoms with Gasteiger partial charge in [-0.15, -0.1) is 11.6 Å². The van der Waals surface area contributed by atoms with Crippen LogP contribution in [-0.2, 0) is 0 Å². The molecule has 1 aliphatic heterocycles. The summed E-state index contributed by atoms with van der Waals surface area (Å²) in [6, 6.07) is 0. The van der Waals surface area contributed by atoms with Crippen molar-refractivity contribution in [3.05, 3.63) is 12.3 Å². The van der Waals surface area contributed by atoms with Gasteiger partial charge in [-0.2, -0.15) is 5.10 Å². The van der Waals surface area contributed by atoms with Crippen LogP contribution in [0.1, 0.15) is 6.92 Å². The number of hydrazone groups is 1. The van der Waals surface area contributed by atoms with Crippen molar-refractivity contribution in [3.63, 3.8) is 0 Å². The Morgan fingerprint density at radius 1 is 1.78 bits per heavy atom. The Morgan fingerprint density at radius 2 is 2.44 bits per heavy atom. The molecule has 0 bridgehead atoms. The number of allylic oxidation sites excluding steroid dienone is 1. The minimum Gasteiger partial charge on any atom is -0.285 e. The smallest absolute Gasteiger partial charge is 0.151 e. The molecule has 1 atom stereocenters. The molecule has 0 aromatic rings. The molecule has 0 amide bonds. The van der Waals surface area contributed by atoms with Crippen LogP contribution in [0.2, 0.25) is 0 Å². The Kier molecular flexibility index (Phi) is 1.68. The molecule has 0 fully saturated rings. The van der Waals surface area contributed by atoms with Crippen molar-refractivity contribution in [2.24, 2.45) is 5.10 Å². The number of hydrogen-bond donors (Lipinski definition) is 1. The van der Waals surface area contributed by atoms with Gasteiger partial charge in [0.25, 0.3) is 0 Å². The molecule has 1 rings (SSSR count). The zero-order chi connectivity index (χ0) is 6.91. The molecule has 50 valence electrons. The molecule has 0 saturated carbocycles. The summed E-state index contributed by atoms with van der Waals surface area (Å²) in [6.07, 6.45) is 3.39. The van der Waals surface area contributed by atoms with Gasteiger partial charge in [0.2, 0.25) is 0 Å². The van der Waals surface area contributed by atoms with Gasteiger partial charge >= 0.3 is 0 Å². The van der Waals surface area contributed by atoms with Gasteiger partial charge in [0.15, 0.2) is 5.17 Å². The first-order valence-corrected chi connectivity index (χ1v) is 3.24. The summed E-state index contributed by atoms with van der Waals surface area (Å²) >= 11 is 11.4. The summed E-state index contributed by atoms with van der Waals surface area (Å²) in [5.74, 6) is 0. The van der Waals surface area contributed by atoms with Gasteiger partial charge in [0.05, 0.1) is 0 Å². The third-order valence-electron chi connectivity index (χ3n) is 1.04. The average Bonchev–Trinajstić information content (AvgIpc) is 1.77. The summed E-state index contributed by atoms with van der Waals surface area (Å²) in [5, 5.41) is 4.06. The van der Waals surface area contributed by atoms with Gasteiger partial charge in [0.1, 0.15) is 4.87 Å². The highest BCUT2D eigenvalue weighted by molar-refractivity contribution is 6.72. The maximum atomic E-state index is 5.83. The summed E-state index contributed by atoms with van der Waals surface area (Å²) in [7, 11) is 0. The first-order valence-electron chi connectivity index (χ1n) is 2.49. The quantitative estimate of drug-likeness (QED) is 0.542. The largest absolute Gasteiger partial charge is 0.285 e. The highest BCUT2D eigenvalue weighted by atomic mass is 35.5. The van der Waals surface area contributed by atoms with Gasteiger partial charge in [0, 0.05) is 6.20 Å². The molecule has 9 heavy (non-hydrogen) atoms. The van der Waals surface area contributed by atoms with Gasteiger partial charge in [-0.05, 0) is 13.0 Å². The van der Waals surface area contributed by atoms with E-state index in [1.165, 1.54) is 0 Å². The first-order chi connectivity index (χ1) is 4.13. The fourth-order valence-electron chi connectivity index (χ4n) is 0.466. The standard InChI is InChI=1S/C5H6Cl2N2/c1-5(7)2-3-8-9-4(5)6/h2-3,8H,1H3. The summed E-state index contributed by atoms with van der Waals surface area (Å²) < 4.78 is 0. The van der Waals surface area contributed by atoms with Gasteiger partial charge in [-0.25, -0.2) is 0 Å². The van der Waals surface area contributed by atoms with Crippen LogP contribution in [0.4, 0.5) is 0 Å². The minimum atomic E-state index is -0.618. The highest BCUT2D eigenvalue weighted by Gasteiger charge is 2.24. The average molecular weight is 165 g/mol. The molecular weight excluding hydrogens is 159 g/mol. The third-order valence-corrected chi connectivity index (χ3v) is 1.92. The third kappa shape index (κ3) is 1.37. The molecule has 0 spiro atoms. The number of nitrogens with zero attached hydrogens (tertiary/aromatic N) is 1. The van der Waals surface area contributed by atoms with Crippen LogP contribution in [0.25, 0.3) is 0 Å². The fraction of sp³-hybridized carbons (Fsp3) is 0.400. The predicted octanol–water partition coefficient (Wildman–Crippen LogP) is 1.65. The predicted molar refractivity (Wildman–Crippen MR) is 39.8 cm³/mol. The molecule has 0 saturated heterocycles. The lowest BCUT2D eigenvalue weighted by atomic mass is 10.2. The second-order valence-electron chi connectivity index (χ2n) is 1.94. The first kappa shape index (κ1) is 6.90. The maximum absolute atomic E-state index is 5.83. The lowest BCUT2D eigenvalue weighted by Gasteiger charge is -2.17. The monoisotopic (exact) mass is 164 g/mol. The van der Waals surface area contributed by atoms with Crippen LogP contribution in [-0.4, -0.2) is 10.0 Å². The Bertz CT molecular complexity index is 172. The molecule has 1 N–H and O–H groups in total. The van der Waals surface area contributed by atoms with Crippen molar-refractivity contribution < 1.29 is 0 Å². The summed E-state index contributed by atoms with van der Waals surface area (Å²) in [5.41, 5.74) is 2.58. The number of rotatable bonds is 0. The van der Waals surface area contributed by atoms with E-state index in [4.69, 9.17) is 23.2 Å². The van der Waals surface area contributed by atoms with Crippen LogP contribution in [0.5, 0.6) is 0 Å². The van der Waals surface area contributed by atoms with Gasteiger partial charge in [-0.3, -0.25) is 5.43 Å². The lowest BCUT2D eigenvalue weighted by Crippen LogP contribution is -2.27. The Labute approximate surface area is 63.5 Å². The number of alkyl halides is 1. The molecule has 4 heteroatoms. The van der Waals surface area contributed by atoms with Crippen LogP contribution < -0.4 is 5.43 Å². The number of hydrogen-bond acceptors (Lipinski definition) is 2. The summed E-state index contributed by atoms with van der Waals surface area (Å²) in [4.78, 5) is -0.618. The minimum absolute atomic E-state index is 0.367. The highest BCUT2D eigenvalue weighted by Crippen LogP contribution is 2.22. The number of halogens is 2. The van der Waals surface area contributed by atoms with Crippen LogP contribution in [0.15, 0.2) is 17.4 Å². The van der Waals surface area contributed by atoms with Crippen molar-refractivity contribution in [1.29, 1.82) is 0 Å². The topological polar surface area (TPSA) is 24.4 Å². The van der Waals surface area contributed by atoms with E-state index in [2.05, 4.69) is 10.5 Å². The Hall–Kier alpha value is -0.210. The van der Waals surface area contributed by atoms with Gasteiger partial charge in [-0.1, -0.05) is 11.6 Å². The molecule has 0 aliphatic carbocycles. The van der Waals surface area contributed by atoms with E-state index in [0.717, 1.165) is 0 Å². The second-order valence-corrected chi connectivity index (χ2v) is 3.08. The van der Waals surface area contributed by atoms with Crippen molar-refractivity contribution in [1.82, 2.24) is 5.43 Å². The van der Waals surface area contributed by atoms with Crippen LogP contribution in [0, 0.1) is 0 Å². The SMILES string of the molecule is CC1(Cl)C=CNN=C1Cl. The van der Waals surface area contributed by atoms with Crippen molar-refractivity contribution in [2.75, 3.05) is 0 Å². The lowest BCUT2D eigenvalue weighted by molar-refractivity contribution is 0.887. The van der Waals surface area contributed by atoms with E-state index in [9.17, 15) is 0 Å². The van der Waals surface area contributed by atoms with E-state index in [1.807, 2.05) is 0 Å². The van der Waals surface area contributed by atoms with E-state index < -0.39 is 4.87 Å². The van der Waals surface area contributed by atoms with Crippen molar-refractivity contribution >= 4 is 28.4 Å². The van der Waals surface area contributed by atoms with E-state index >= 15 is 0 Å². The molecule has 1 unspecified atom stereocenters. The van der Waals surface area contributed by atoms with E-state index in [-0.39, 0.29) is 0 Å². The van der Waals surface area contributed by atoms with E-state index in [0.29, 0.717) is 5.17 Å². The zero-order valence-corrected chi connectivity index (χ0v) is 6.37. The molecule has 0 radical (unpaired) electrons. The second kappa shape index (κ2) is 2.20.